The van der Waals surface area contributed by atoms with Crippen molar-refractivity contribution < 1.29 is 123 Å². The van der Waals surface area contributed by atoms with Crippen molar-refractivity contribution in [2.45, 2.75) is 167 Å². The van der Waals surface area contributed by atoms with Crippen molar-refractivity contribution in [1.82, 2.24) is 20.0 Å². The molecule has 544 valence electrons. The Kier molecular flexibility index (Phi) is 42.0. The Morgan fingerprint density at radius 2 is 1.04 bits per heavy atom. The molecule has 4 saturated heterocycles. The molecule has 0 spiro atoms. The molecule has 4 aliphatic rings. The standard InChI is InChI=1S/C57H107N7O25S4/c1-5-34-42(71)47(76)52(82-20-10-22-91-25-12-60-38(59)33-93-57-50(79)46(75)43(72)35(30-65)89-57)55(86-34)84-32-37-45(74)49(78)53(83-19-8-21-90-24-11-58)56(88-37)85-31-36-44(73)48(77)51(54(80-4)87-36)81-18-9-23-92-26-13-61-39(66)27-64(29-41(69)70)15-7-6-14-62(2)16-17-63(3)28-40(67)68/h34-37,42-57,65,71-79H,5-33,58H2,1-4H3,(H2,59,60)(H,61,66)(H,67,68)(H,69,70)/t34?,35?,36?,37?,42-,43-,44-,45-,46?,47+,48+,49+,50-,51?,52?,53?,54+,55+,56+,57-/m1/s1. The second-order valence-corrected chi connectivity index (χ2v) is 27.8. The second kappa shape index (κ2) is 46.6. The normalized spacial score (nSPS) is 32.0. The summed E-state index contributed by atoms with van der Waals surface area (Å²) >= 11 is 5.80. The molecule has 20 atom stereocenters. The summed E-state index contributed by atoms with van der Waals surface area (Å²) in [4.78, 5) is 44.9. The minimum absolute atomic E-state index is 0.0438. The van der Waals surface area contributed by atoms with Crippen LogP contribution < -0.4 is 16.8 Å². The first kappa shape index (κ1) is 83.7. The number of amidine groups is 1. The van der Waals surface area contributed by atoms with Gasteiger partial charge in [0.1, 0.15) is 103 Å². The molecule has 0 saturated carbocycles. The Balaban J connectivity index is 1.23. The Morgan fingerprint density at radius 1 is 0.548 bits per heavy atom. The van der Waals surface area contributed by atoms with Gasteiger partial charge in [0, 0.05) is 76.9 Å². The van der Waals surface area contributed by atoms with Crippen LogP contribution >= 0.6 is 47.0 Å². The van der Waals surface area contributed by atoms with E-state index >= 15 is 0 Å². The SMILES string of the molecule is CCC1O[C@H](OCC2O[C@H](OCC3O[C@H](OC)C(OCCCSCCNC(=O)CN(CCCCN(C)CCN(C)CC(=O)O)CC(=O)O)[C@@H](O)[C@@H]3O)C(OCCCSCCN)[C@@H](O)[C@@H]2O)C(OCCCSCCN=C(N)CS[C@H]2OC(CO)[C@@H](O)C(O)[C@H]2O)[C@@H](O)[C@@H]1O. The van der Waals surface area contributed by atoms with Gasteiger partial charge in [0.25, 0.3) is 0 Å². The number of aliphatic hydroxyl groups is 10. The molecule has 0 radical (unpaired) electrons. The highest BCUT2D eigenvalue weighted by atomic mass is 32.2. The van der Waals surface area contributed by atoms with E-state index in [4.69, 9.17) is 63.9 Å². The topological polar surface area (TPSA) is 472 Å². The van der Waals surface area contributed by atoms with Crippen molar-refractivity contribution in [2.24, 2.45) is 16.5 Å². The second-order valence-electron chi connectivity index (χ2n) is 23.1. The summed E-state index contributed by atoms with van der Waals surface area (Å²) in [5.41, 5.74) is 10.8. The molecule has 8 unspecified atom stereocenters. The van der Waals surface area contributed by atoms with Crippen LogP contribution in [-0.4, -0.2) is 388 Å². The van der Waals surface area contributed by atoms with E-state index in [1.807, 2.05) is 7.05 Å². The highest BCUT2D eigenvalue weighted by Gasteiger charge is 2.51. The lowest BCUT2D eigenvalue weighted by atomic mass is 9.96. The molecule has 4 fully saturated rings. The zero-order chi connectivity index (χ0) is 68.4. The third-order valence-corrected chi connectivity index (χ3v) is 19.9. The number of carbonyl (C=O) groups excluding carboxylic acids is 1. The third-order valence-electron chi connectivity index (χ3n) is 15.5. The number of rotatable bonds is 49. The number of nitrogens with two attached hydrogens (primary N) is 2. The summed E-state index contributed by atoms with van der Waals surface area (Å²) in [5, 5.41) is 129. The minimum atomic E-state index is -1.60. The summed E-state index contributed by atoms with van der Waals surface area (Å²) in [7, 11) is 5.02. The molecule has 4 aliphatic heterocycles. The van der Waals surface area contributed by atoms with Crippen LogP contribution in [0.5, 0.6) is 0 Å². The number of carboxylic acid groups (broad SMARTS) is 2. The number of nitrogens with one attached hydrogen (secondary N) is 1. The van der Waals surface area contributed by atoms with Gasteiger partial charge in [-0.15, -0.1) is 11.8 Å². The highest BCUT2D eigenvalue weighted by Crippen LogP contribution is 2.32. The van der Waals surface area contributed by atoms with E-state index in [1.54, 1.807) is 59.1 Å². The zero-order valence-electron chi connectivity index (χ0n) is 53.8. The van der Waals surface area contributed by atoms with Crippen LogP contribution in [0.4, 0.5) is 0 Å². The molecular weight excluding hydrogens is 1310 g/mol. The third kappa shape index (κ3) is 30.0. The van der Waals surface area contributed by atoms with Gasteiger partial charge in [0.05, 0.1) is 51.3 Å². The van der Waals surface area contributed by atoms with Crippen molar-refractivity contribution >= 4 is 70.7 Å². The number of hydrogen-bond acceptors (Lipinski definition) is 32. The molecule has 1 amide bonds. The maximum Gasteiger partial charge on any atom is 0.317 e. The monoisotopic (exact) mass is 1420 g/mol. The lowest BCUT2D eigenvalue weighted by Gasteiger charge is -2.45. The number of likely N-dealkylation sites (N-methyl/N-ethyl adjacent to an activating group) is 2. The van der Waals surface area contributed by atoms with Crippen molar-refractivity contribution in [1.29, 1.82) is 0 Å². The Labute approximate surface area is 561 Å². The molecular formula is C57H107N7O25S4. The first-order valence-corrected chi connectivity index (χ1v) is 36.2. The number of nitrogens with zero attached hydrogens (tertiary/aromatic N) is 4. The maximum absolute atomic E-state index is 12.7. The number of aliphatic imine (C=N–C) groups is 1. The van der Waals surface area contributed by atoms with Crippen molar-refractivity contribution in [2.75, 3.05) is 167 Å². The van der Waals surface area contributed by atoms with E-state index in [1.165, 1.54) is 7.11 Å². The molecule has 0 aromatic rings. The van der Waals surface area contributed by atoms with E-state index < -0.39 is 154 Å². The van der Waals surface area contributed by atoms with Crippen LogP contribution in [0.25, 0.3) is 0 Å². The number of hydrogen-bond donors (Lipinski definition) is 15. The number of carbonyl (C=O) groups is 3. The lowest BCUT2D eigenvalue weighted by Crippen LogP contribution is -2.63. The van der Waals surface area contributed by atoms with Gasteiger partial charge in [-0.1, -0.05) is 6.92 Å². The smallest absolute Gasteiger partial charge is 0.317 e. The molecule has 0 bridgehead atoms. The van der Waals surface area contributed by atoms with Crippen LogP contribution in [0.15, 0.2) is 4.99 Å². The van der Waals surface area contributed by atoms with Gasteiger partial charge >= 0.3 is 11.9 Å². The van der Waals surface area contributed by atoms with Crippen molar-refractivity contribution in [3.05, 3.63) is 0 Å². The fourth-order valence-corrected chi connectivity index (χ4v) is 13.5. The van der Waals surface area contributed by atoms with Gasteiger partial charge in [0.2, 0.25) is 5.91 Å². The first-order valence-electron chi connectivity index (χ1n) is 31.6. The fraction of sp³-hybridized carbons (Fsp3) is 0.930. The van der Waals surface area contributed by atoms with Crippen LogP contribution in [0.1, 0.15) is 45.4 Å². The van der Waals surface area contributed by atoms with E-state index in [0.29, 0.717) is 100 Å². The predicted octanol–water partition coefficient (Wildman–Crippen LogP) is -4.98. The maximum atomic E-state index is 12.7. The van der Waals surface area contributed by atoms with Gasteiger partial charge in [-0.05, 0) is 83.0 Å². The van der Waals surface area contributed by atoms with Crippen LogP contribution in [0, 0.1) is 0 Å². The predicted molar refractivity (Wildman–Crippen MR) is 347 cm³/mol. The molecule has 0 aromatic heterocycles. The average molecular weight is 1420 g/mol. The fourth-order valence-electron chi connectivity index (χ4n) is 10.3. The number of methoxy groups -OCH3 is 1. The van der Waals surface area contributed by atoms with Crippen molar-refractivity contribution in [3.8, 4) is 0 Å². The molecule has 0 aromatic carbocycles. The van der Waals surface area contributed by atoms with E-state index in [0.717, 1.165) is 30.5 Å². The zero-order valence-corrected chi connectivity index (χ0v) is 57.1. The van der Waals surface area contributed by atoms with Gasteiger partial charge in [-0.3, -0.25) is 29.2 Å². The summed E-state index contributed by atoms with van der Waals surface area (Å²) in [6.45, 7) is 4.02. The van der Waals surface area contributed by atoms with Crippen molar-refractivity contribution in [3.63, 3.8) is 0 Å². The van der Waals surface area contributed by atoms with E-state index in [9.17, 15) is 70.6 Å². The van der Waals surface area contributed by atoms with Crippen LogP contribution in [-0.2, 0) is 61.8 Å². The van der Waals surface area contributed by atoms with Gasteiger partial charge in [-0.2, -0.15) is 35.3 Å². The van der Waals surface area contributed by atoms with Gasteiger partial charge in [0.15, 0.2) is 18.9 Å². The first-order chi connectivity index (χ1) is 44.5. The van der Waals surface area contributed by atoms with Crippen LogP contribution in [0.2, 0.25) is 0 Å². The van der Waals surface area contributed by atoms with E-state index in [2.05, 4.69) is 15.2 Å². The quantitative estimate of drug-likeness (QED) is 0.0154. The molecule has 0 aliphatic carbocycles. The number of amides is 1. The molecule has 32 nitrogen and oxygen atoms in total. The lowest BCUT2D eigenvalue weighted by molar-refractivity contribution is -0.347. The van der Waals surface area contributed by atoms with Gasteiger partial charge in [-0.25, -0.2) is 0 Å². The van der Waals surface area contributed by atoms with Crippen LogP contribution in [0.3, 0.4) is 0 Å². The molecule has 17 N–H and O–H groups in total. The largest absolute Gasteiger partial charge is 0.480 e. The summed E-state index contributed by atoms with van der Waals surface area (Å²) in [5.74, 6) is 2.01. The number of thioether (sulfide) groups is 4. The number of aliphatic carboxylic acids is 2. The minimum Gasteiger partial charge on any atom is -0.480 e. The average Bonchev–Trinajstić information content (AvgIpc) is 0.864. The summed E-state index contributed by atoms with van der Waals surface area (Å²) in [6.07, 6.45) is -21.8. The number of carboxylic acids is 2. The van der Waals surface area contributed by atoms with E-state index in [-0.39, 0.29) is 57.0 Å². The summed E-state index contributed by atoms with van der Waals surface area (Å²) < 4.78 is 59.9. The Morgan fingerprint density at radius 3 is 1.58 bits per heavy atom. The number of ether oxygens (including phenoxy) is 10. The van der Waals surface area contributed by atoms with Gasteiger partial charge < -0.3 is 130 Å². The Hall–Kier alpha value is -1.68. The summed E-state index contributed by atoms with van der Waals surface area (Å²) in [6, 6.07) is 0. The molecule has 4 rings (SSSR count). The number of unbranched alkanes of at least 4 members (excludes halogenated alkanes) is 1. The molecule has 93 heavy (non-hydrogen) atoms. The highest BCUT2D eigenvalue weighted by molar-refractivity contribution is 8.00. The molecule has 4 heterocycles. The molecule has 36 heteroatoms. The Bertz CT molecular complexity index is 2090. The number of aliphatic hydroxyl groups excluding tert-OH is 10.